The van der Waals surface area contributed by atoms with Gasteiger partial charge in [-0.05, 0) is 39.7 Å². The normalized spacial score (nSPS) is 13.1. The molecule has 0 heterocycles. The highest BCUT2D eigenvalue weighted by Gasteiger charge is 2.21. The van der Waals surface area contributed by atoms with E-state index >= 15 is 0 Å². The van der Waals surface area contributed by atoms with Crippen molar-refractivity contribution in [2.45, 2.75) is 84.8 Å². The molecule has 0 aromatic rings. The molecule has 1 atom stereocenters. The van der Waals surface area contributed by atoms with Crippen molar-refractivity contribution in [3.05, 3.63) is 0 Å². The van der Waals surface area contributed by atoms with E-state index < -0.39 is 0 Å². The first kappa shape index (κ1) is 19.9. The summed E-state index contributed by atoms with van der Waals surface area (Å²) in [5.41, 5.74) is 5.65. The maximum Gasteiger partial charge on any atom is 0.160 e. The van der Waals surface area contributed by atoms with Crippen molar-refractivity contribution < 1.29 is 9.47 Å². The van der Waals surface area contributed by atoms with Gasteiger partial charge in [-0.1, -0.05) is 45.4 Å². The summed E-state index contributed by atoms with van der Waals surface area (Å²) in [6.45, 7) is 8.55. The molecule has 0 aromatic heterocycles. The van der Waals surface area contributed by atoms with Crippen LogP contribution in [0.25, 0.3) is 0 Å². The molecule has 0 aromatic carbocycles. The highest BCUT2D eigenvalue weighted by atomic mass is 16.7. The lowest BCUT2D eigenvalue weighted by Gasteiger charge is -2.26. The van der Waals surface area contributed by atoms with Crippen LogP contribution in [0.5, 0.6) is 0 Å². The molecule has 0 spiro atoms. The van der Waals surface area contributed by atoms with Crippen molar-refractivity contribution in [1.29, 1.82) is 0 Å². The number of unbranched alkanes of at least 4 members (excludes halogenated alkanes) is 5. The maximum atomic E-state index is 5.77. The zero-order valence-electron chi connectivity index (χ0n) is 14.0. The minimum Gasteiger partial charge on any atom is -0.353 e. The Morgan fingerprint density at radius 3 is 1.85 bits per heavy atom. The van der Waals surface area contributed by atoms with Crippen LogP contribution in [-0.2, 0) is 9.47 Å². The number of ether oxygens (including phenoxy) is 2. The van der Waals surface area contributed by atoms with E-state index in [1.165, 1.54) is 44.9 Å². The Kier molecular flexibility index (Phi) is 15.2. The van der Waals surface area contributed by atoms with Gasteiger partial charge < -0.3 is 15.2 Å². The van der Waals surface area contributed by atoms with Crippen LogP contribution in [-0.4, -0.2) is 26.0 Å². The summed E-state index contributed by atoms with van der Waals surface area (Å²) in [5.74, 6) is 0.504. The third-order valence-electron chi connectivity index (χ3n) is 3.75. The highest BCUT2D eigenvalue weighted by molar-refractivity contribution is 4.65. The van der Waals surface area contributed by atoms with Crippen LogP contribution in [0, 0.1) is 5.92 Å². The van der Waals surface area contributed by atoms with E-state index in [0.29, 0.717) is 5.92 Å². The average molecular weight is 287 g/mol. The van der Waals surface area contributed by atoms with Crippen LogP contribution in [0.2, 0.25) is 0 Å². The molecule has 0 aliphatic carbocycles. The Labute approximate surface area is 126 Å². The molecule has 0 amide bonds. The fourth-order valence-electron chi connectivity index (χ4n) is 2.63. The molecule has 0 radical (unpaired) electrons. The van der Waals surface area contributed by atoms with Gasteiger partial charge in [-0.2, -0.15) is 0 Å². The Bertz CT molecular complexity index is 182. The largest absolute Gasteiger partial charge is 0.353 e. The second-order valence-corrected chi connectivity index (χ2v) is 5.53. The molecule has 3 nitrogen and oxygen atoms in total. The smallest absolute Gasteiger partial charge is 0.160 e. The zero-order chi connectivity index (χ0) is 15.1. The molecule has 1 unspecified atom stereocenters. The van der Waals surface area contributed by atoms with Crippen molar-refractivity contribution >= 4 is 0 Å². The molecule has 0 saturated carbocycles. The van der Waals surface area contributed by atoms with Gasteiger partial charge in [0.05, 0.1) is 0 Å². The molecule has 0 aliphatic heterocycles. The van der Waals surface area contributed by atoms with Crippen LogP contribution < -0.4 is 5.73 Å². The number of hydrogen-bond acceptors (Lipinski definition) is 3. The van der Waals surface area contributed by atoms with Gasteiger partial charge >= 0.3 is 0 Å². The minimum atomic E-state index is -0.0350. The Balaban J connectivity index is 4.03. The number of hydrogen-bond donors (Lipinski definition) is 1. The lowest BCUT2D eigenvalue weighted by Crippen LogP contribution is -2.28. The molecule has 20 heavy (non-hydrogen) atoms. The molecule has 0 saturated heterocycles. The Hall–Kier alpha value is -0.120. The summed E-state index contributed by atoms with van der Waals surface area (Å²) >= 11 is 0. The summed E-state index contributed by atoms with van der Waals surface area (Å²) < 4.78 is 11.5. The first-order valence-corrected chi connectivity index (χ1v) is 8.73. The van der Waals surface area contributed by atoms with Crippen molar-refractivity contribution in [3.8, 4) is 0 Å². The van der Waals surface area contributed by atoms with Crippen molar-refractivity contribution in [1.82, 2.24) is 0 Å². The van der Waals surface area contributed by atoms with E-state index in [1.807, 2.05) is 13.8 Å². The number of nitrogens with two attached hydrogens (primary N) is 1. The summed E-state index contributed by atoms with van der Waals surface area (Å²) in [6, 6.07) is 0. The van der Waals surface area contributed by atoms with Gasteiger partial charge in [0.25, 0.3) is 0 Å². The van der Waals surface area contributed by atoms with Gasteiger partial charge in [0.2, 0.25) is 0 Å². The lowest BCUT2D eigenvalue weighted by atomic mass is 9.95. The predicted octanol–water partition coefficient (Wildman–Crippen LogP) is 4.49. The van der Waals surface area contributed by atoms with Gasteiger partial charge in [0, 0.05) is 19.1 Å². The molecule has 0 bridgehead atoms. The summed E-state index contributed by atoms with van der Waals surface area (Å²) in [7, 11) is 0. The first-order chi connectivity index (χ1) is 9.79. The molecule has 0 aliphatic rings. The van der Waals surface area contributed by atoms with E-state index in [1.54, 1.807) is 0 Å². The van der Waals surface area contributed by atoms with Gasteiger partial charge in [0.1, 0.15) is 0 Å². The topological polar surface area (TPSA) is 44.5 Å². The zero-order valence-corrected chi connectivity index (χ0v) is 14.0. The molecule has 122 valence electrons. The second kappa shape index (κ2) is 15.3. The van der Waals surface area contributed by atoms with E-state index in [9.17, 15) is 0 Å². The maximum absolute atomic E-state index is 5.77. The van der Waals surface area contributed by atoms with E-state index in [0.717, 1.165) is 32.6 Å². The third-order valence-corrected chi connectivity index (χ3v) is 3.75. The quantitative estimate of drug-likeness (QED) is 0.356. The summed E-state index contributed by atoms with van der Waals surface area (Å²) in [5, 5.41) is 0. The predicted molar refractivity (Wildman–Crippen MR) is 86.8 cm³/mol. The summed E-state index contributed by atoms with van der Waals surface area (Å²) in [4.78, 5) is 0. The minimum absolute atomic E-state index is 0.0350. The molecule has 2 N–H and O–H groups in total. The molecule has 3 heteroatoms. The molecule has 0 rings (SSSR count). The highest BCUT2D eigenvalue weighted by Crippen LogP contribution is 2.23. The van der Waals surface area contributed by atoms with Crippen molar-refractivity contribution in [2.24, 2.45) is 11.7 Å². The first-order valence-electron chi connectivity index (χ1n) is 8.73. The molecule has 0 fully saturated rings. The lowest BCUT2D eigenvalue weighted by molar-refractivity contribution is -0.170. The SMILES string of the molecule is CCCCCCCCC(CCCN)C(OCC)OCC. The molecular weight excluding hydrogens is 250 g/mol. The average Bonchev–Trinajstić information content (AvgIpc) is 2.45. The fourth-order valence-corrected chi connectivity index (χ4v) is 2.63. The Morgan fingerprint density at radius 2 is 1.30 bits per heavy atom. The van der Waals surface area contributed by atoms with Crippen molar-refractivity contribution in [2.75, 3.05) is 19.8 Å². The van der Waals surface area contributed by atoms with Crippen molar-refractivity contribution in [3.63, 3.8) is 0 Å². The van der Waals surface area contributed by atoms with E-state index in [-0.39, 0.29) is 6.29 Å². The summed E-state index contributed by atoms with van der Waals surface area (Å²) in [6.07, 6.45) is 11.4. The van der Waals surface area contributed by atoms with Gasteiger partial charge in [-0.3, -0.25) is 0 Å². The Morgan fingerprint density at radius 1 is 0.750 bits per heavy atom. The fraction of sp³-hybridized carbons (Fsp3) is 1.00. The van der Waals surface area contributed by atoms with Gasteiger partial charge in [-0.15, -0.1) is 0 Å². The van der Waals surface area contributed by atoms with Gasteiger partial charge in [-0.25, -0.2) is 0 Å². The van der Waals surface area contributed by atoms with Crippen LogP contribution in [0.4, 0.5) is 0 Å². The standard InChI is InChI=1S/C17H37NO2/c1-4-7-8-9-10-11-13-16(14-12-15-18)17(19-5-2)20-6-3/h16-17H,4-15,18H2,1-3H3. The van der Waals surface area contributed by atoms with Crippen LogP contribution >= 0.6 is 0 Å². The number of rotatable bonds is 15. The second-order valence-electron chi connectivity index (χ2n) is 5.53. The molecular formula is C17H37NO2. The van der Waals surface area contributed by atoms with E-state index in [4.69, 9.17) is 15.2 Å². The third kappa shape index (κ3) is 10.6. The monoisotopic (exact) mass is 287 g/mol. The van der Waals surface area contributed by atoms with Crippen LogP contribution in [0.3, 0.4) is 0 Å². The van der Waals surface area contributed by atoms with E-state index in [2.05, 4.69) is 6.92 Å². The van der Waals surface area contributed by atoms with Crippen LogP contribution in [0.15, 0.2) is 0 Å². The van der Waals surface area contributed by atoms with Crippen LogP contribution in [0.1, 0.15) is 78.6 Å². The van der Waals surface area contributed by atoms with Gasteiger partial charge in [0.15, 0.2) is 6.29 Å².